The summed E-state index contributed by atoms with van der Waals surface area (Å²) in [4.78, 5) is 16.3. The molecule has 0 unspecified atom stereocenters. The number of carbonyl (C=O) groups is 1. The van der Waals surface area contributed by atoms with Gasteiger partial charge in [0.2, 0.25) is 10.0 Å². The highest BCUT2D eigenvalue weighted by Crippen LogP contribution is 2.25. The lowest BCUT2D eigenvalue weighted by Gasteiger charge is -2.30. The molecule has 0 N–H and O–H groups in total. The Morgan fingerprint density at radius 2 is 1.84 bits per heavy atom. The number of hydrogen-bond acceptors (Lipinski definition) is 5. The number of ether oxygens (including phenoxy) is 1. The summed E-state index contributed by atoms with van der Waals surface area (Å²) in [6.45, 7) is 0.551. The third-order valence-electron chi connectivity index (χ3n) is 4.09. The molecule has 1 aromatic heterocycles. The summed E-state index contributed by atoms with van der Waals surface area (Å²) in [5, 5.41) is 0.482. The van der Waals surface area contributed by atoms with Crippen LogP contribution in [0.1, 0.15) is 12.8 Å². The molecule has 1 aromatic carbocycles. The summed E-state index contributed by atoms with van der Waals surface area (Å²) < 4.78 is 31.9. The normalized spacial score (nSPS) is 16.5. The van der Waals surface area contributed by atoms with Crippen LogP contribution in [-0.2, 0) is 14.8 Å². The van der Waals surface area contributed by atoms with Crippen molar-refractivity contribution in [3.05, 3.63) is 53.8 Å². The van der Waals surface area contributed by atoms with Crippen LogP contribution in [0.3, 0.4) is 0 Å². The van der Waals surface area contributed by atoms with E-state index in [1.165, 1.54) is 22.6 Å². The van der Waals surface area contributed by atoms with Gasteiger partial charge >= 0.3 is 5.97 Å². The average molecular weight is 381 g/mol. The Morgan fingerprint density at radius 3 is 2.44 bits per heavy atom. The van der Waals surface area contributed by atoms with Gasteiger partial charge in [0, 0.05) is 24.3 Å². The Morgan fingerprint density at radius 1 is 1.16 bits per heavy atom. The molecule has 2 aromatic rings. The van der Waals surface area contributed by atoms with Gasteiger partial charge < -0.3 is 4.74 Å². The number of halogens is 1. The van der Waals surface area contributed by atoms with Gasteiger partial charge in [0.05, 0.1) is 17.0 Å². The zero-order valence-electron chi connectivity index (χ0n) is 13.3. The van der Waals surface area contributed by atoms with E-state index in [0.717, 1.165) is 0 Å². The minimum atomic E-state index is -3.57. The van der Waals surface area contributed by atoms with Crippen molar-refractivity contribution < 1.29 is 17.9 Å². The predicted octanol–water partition coefficient (Wildman–Crippen LogP) is 2.74. The second-order valence-electron chi connectivity index (χ2n) is 5.74. The van der Waals surface area contributed by atoms with Crippen LogP contribution in [0, 0.1) is 5.92 Å². The van der Waals surface area contributed by atoms with Gasteiger partial charge in [-0.2, -0.15) is 4.31 Å². The van der Waals surface area contributed by atoms with Crippen LogP contribution in [0.25, 0.3) is 0 Å². The van der Waals surface area contributed by atoms with E-state index in [1.54, 1.807) is 30.5 Å². The lowest BCUT2D eigenvalue weighted by atomic mass is 9.98. The summed E-state index contributed by atoms with van der Waals surface area (Å²) in [5.41, 5.74) is 0. The van der Waals surface area contributed by atoms with Gasteiger partial charge in [0.1, 0.15) is 5.75 Å². The third-order valence-corrected chi connectivity index (χ3v) is 6.26. The highest BCUT2D eigenvalue weighted by atomic mass is 35.5. The number of aromatic nitrogens is 1. The van der Waals surface area contributed by atoms with E-state index < -0.39 is 10.0 Å². The number of piperidine rings is 1. The van der Waals surface area contributed by atoms with Gasteiger partial charge in [-0.15, -0.1) is 0 Å². The molecule has 0 radical (unpaired) electrons. The molecule has 1 aliphatic rings. The second-order valence-corrected chi connectivity index (χ2v) is 8.12. The van der Waals surface area contributed by atoms with E-state index in [2.05, 4.69) is 4.98 Å². The van der Waals surface area contributed by atoms with E-state index >= 15 is 0 Å². The molecule has 0 aliphatic carbocycles. The molecular formula is C17H17ClN2O4S. The molecule has 3 rings (SSSR count). The Bertz CT molecular complexity index is 833. The van der Waals surface area contributed by atoms with Crippen molar-refractivity contribution >= 4 is 27.6 Å². The standard InChI is InChI=1S/C17H17ClN2O4S/c18-14-3-5-16(6-4-14)25(22,23)20-10-7-13(8-11-20)17(21)24-15-2-1-9-19-12-15/h1-6,9,12-13H,7-8,10-11H2. The quantitative estimate of drug-likeness (QED) is 0.762. The van der Waals surface area contributed by atoms with E-state index in [4.69, 9.17) is 16.3 Å². The maximum atomic E-state index is 12.6. The third kappa shape index (κ3) is 4.18. The molecule has 0 amide bonds. The molecule has 0 atom stereocenters. The molecule has 0 spiro atoms. The van der Waals surface area contributed by atoms with Gasteiger partial charge in [0.15, 0.2) is 0 Å². The maximum absolute atomic E-state index is 12.6. The van der Waals surface area contributed by atoms with Crippen molar-refractivity contribution in [3.63, 3.8) is 0 Å². The number of hydrogen-bond donors (Lipinski definition) is 0. The number of nitrogens with zero attached hydrogens (tertiary/aromatic N) is 2. The molecule has 1 saturated heterocycles. The largest absolute Gasteiger partial charge is 0.425 e. The van der Waals surface area contributed by atoms with Gasteiger partial charge in [-0.1, -0.05) is 11.6 Å². The van der Waals surface area contributed by atoms with Crippen LogP contribution in [-0.4, -0.2) is 36.8 Å². The fraction of sp³-hybridized carbons (Fsp3) is 0.294. The molecule has 25 heavy (non-hydrogen) atoms. The Hall–Kier alpha value is -1.96. The van der Waals surface area contributed by atoms with Crippen molar-refractivity contribution in [1.82, 2.24) is 9.29 Å². The number of sulfonamides is 1. The first-order valence-corrected chi connectivity index (χ1v) is 9.66. The number of rotatable bonds is 4. The van der Waals surface area contributed by atoms with Crippen LogP contribution in [0.4, 0.5) is 0 Å². The summed E-state index contributed by atoms with van der Waals surface area (Å²) in [7, 11) is -3.57. The Balaban J connectivity index is 1.61. The summed E-state index contributed by atoms with van der Waals surface area (Å²) in [5.74, 6) is -0.280. The van der Waals surface area contributed by atoms with Crippen molar-refractivity contribution in [2.75, 3.05) is 13.1 Å². The average Bonchev–Trinajstić information content (AvgIpc) is 2.63. The fourth-order valence-electron chi connectivity index (χ4n) is 2.69. The van der Waals surface area contributed by atoms with Crippen LogP contribution in [0.2, 0.25) is 5.02 Å². The number of benzene rings is 1. The Labute approximate surface area is 151 Å². The highest BCUT2D eigenvalue weighted by molar-refractivity contribution is 7.89. The molecular weight excluding hydrogens is 364 g/mol. The van der Waals surface area contributed by atoms with Crippen molar-refractivity contribution in [2.45, 2.75) is 17.7 Å². The van der Waals surface area contributed by atoms with Crippen LogP contribution >= 0.6 is 11.6 Å². The van der Waals surface area contributed by atoms with Crippen molar-refractivity contribution in [2.24, 2.45) is 5.92 Å². The van der Waals surface area contributed by atoms with Gasteiger partial charge in [-0.05, 0) is 49.2 Å². The van der Waals surface area contributed by atoms with Crippen LogP contribution in [0.15, 0.2) is 53.7 Å². The van der Waals surface area contributed by atoms with E-state index in [1.807, 2.05) is 0 Å². The second kappa shape index (κ2) is 7.51. The molecule has 0 saturated carbocycles. The maximum Gasteiger partial charge on any atom is 0.314 e. The van der Waals surface area contributed by atoms with Crippen molar-refractivity contribution in [3.8, 4) is 5.75 Å². The molecule has 132 valence electrons. The number of pyridine rings is 1. The molecule has 0 bridgehead atoms. The molecule has 1 aliphatic heterocycles. The summed E-state index contributed by atoms with van der Waals surface area (Å²) in [6.07, 6.45) is 3.91. The summed E-state index contributed by atoms with van der Waals surface area (Å²) >= 11 is 5.80. The monoisotopic (exact) mass is 380 g/mol. The first-order chi connectivity index (χ1) is 12.0. The van der Waals surface area contributed by atoms with E-state index in [9.17, 15) is 13.2 Å². The first kappa shape index (κ1) is 17.8. The minimum Gasteiger partial charge on any atom is -0.425 e. The topological polar surface area (TPSA) is 76.6 Å². The zero-order chi connectivity index (χ0) is 17.9. The van der Waals surface area contributed by atoms with Crippen LogP contribution < -0.4 is 4.74 Å². The van der Waals surface area contributed by atoms with Crippen LogP contribution in [0.5, 0.6) is 5.75 Å². The smallest absolute Gasteiger partial charge is 0.314 e. The lowest BCUT2D eigenvalue weighted by Crippen LogP contribution is -2.41. The zero-order valence-corrected chi connectivity index (χ0v) is 14.9. The summed E-state index contributed by atoms with van der Waals surface area (Å²) in [6, 6.07) is 9.41. The SMILES string of the molecule is O=C(Oc1cccnc1)C1CCN(S(=O)(=O)c2ccc(Cl)cc2)CC1. The van der Waals surface area contributed by atoms with Gasteiger partial charge in [-0.25, -0.2) is 8.42 Å². The first-order valence-electron chi connectivity index (χ1n) is 7.84. The Kier molecular flexibility index (Phi) is 5.36. The van der Waals surface area contributed by atoms with Gasteiger partial charge in [0.25, 0.3) is 0 Å². The van der Waals surface area contributed by atoms with Crippen molar-refractivity contribution in [1.29, 1.82) is 0 Å². The van der Waals surface area contributed by atoms with E-state index in [0.29, 0.717) is 23.6 Å². The van der Waals surface area contributed by atoms with Gasteiger partial charge in [-0.3, -0.25) is 9.78 Å². The number of esters is 1. The molecule has 8 heteroatoms. The minimum absolute atomic E-state index is 0.202. The fourth-order valence-corrected chi connectivity index (χ4v) is 4.29. The lowest BCUT2D eigenvalue weighted by molar-refractivity contribution is -0.140. The molecule has 2 heterocycles. The number of carbonyl (C=O) groups excluding carboxylic acids is 1. The molecule has 6 nitrogen and oxygen atoms in total. The highest BCUT2D eigenvalue weighted by Gasteiger charge is 2.33. The predicted molar refractivity (Wildman–Crippen MR) is 92.8 cm³/mol. The molecule has 1 fully saturated rings. The van der Waals surface area contributed by atoms with E-state index in [-0.39, 0.29) is 29.9 Å².